The van der Waals surface area contributed by atoms with Crippen molar-refractivity contribution in [3.63, 3.8) is 0 Å². The third-order valence-corrected chi connectivity index (χ3v) is 3.80. The molecule has 1 unspecified atom stereocenters. The first kappa shape index (κ1) is 15.5. The largest absolute Gasteiger partial charge is 0.464 e. The van der Waals surface area contributed by atoms with Crippen LogP contribution in [0.1, 0.15) is 55.3 Å². The van der Waals surface area contributed by atoms with Gasteiger partial charge in [0.25, 0.3) is 0 Å². The van der Waals surface area contributed by atoms with Gasteiger partial charge in [-0.05, 0) is 26.2 Å². The van der Waals surface area contributed by atoms with Gasteiger partial charge in [0.05, 0.1) is 12.8 Å². The minimum atomic E-state index is -0.509. The predicted molar refractivity (Wildman–Crippen MR) is 75.9 cm³/mol. The molecule has 0 aliphatic carbocycles. The topological polar surface area (TPSA) is 77.3 Å². The summed E-state index contributed by atoms with van der Waals surface area (Å²) in [6.45, 7) is 5.40. The molecule has 0 N–H and O–H groups in total. The first-order valence-electron chi connectivity index (χ1n) is 7.41. The number of amides is 1. The number of carbonyl (C=O) groups is 2. The highest BCUT2D eigenvalue weighted by molar-refractivity contribution is 5.88. The minimum absolute atomic E-state index is 0.0335. The Bertz CT molecular complexity index is 520. The Kier molecular flexibility index (Phi) is 4.93. The monoisotopic (exact) mass is 294 g/mol. The van der Waals surface area contributed by atoms with Gasteiger partial charge in [-0.3, -0.25) is 4.79 Å². The molecule has 1 aromatic heterocycles. The van der Waals surface area contributed by atoms with E-state index in [0.717, 1.165) is 32.4 Å². The molecule has 1 atom stereocenters. The Morgan fingerprint density at radius 3 is 2.57 bits per heavy atom. The van der Waals surface area contributed by atoms with Crippen LogP contribution in [0.3, 0.4) is 0 Å². The quantitative estimate of drug-likeness (QED) is 0.763. The molecule has 0 radical (unpaired) electrons. The van der Waals surface area contributed by atoms with Crippen LogP contribution in [-0.4, -0.2) is 52.0 Å². The van der Waals surface area contributed by atoms with E-state index >= 15 is 0 Å². The molecular formula is C14H22N4O3. The molecule has 0 saturated carbocycles. The Balaban J connectivity index is 2.27. The maximum atomic E-state index is 12.5. The Hall–Kier alpha value is -1.92. The highest BCUT2D eigenvalue weighted by Gasteiger charge is 2.29. The van der Waals surface area contributed by atoms with Gasteiger partial charge in [0, 0.05) is 13.1 Å². The lowest BCUT2D eigenvalue weighted by atomic mass is 10.2. The summed E-state index contributed by atoms with van der Waals surface area (Å²) in [5.41, 5.74) is 0.879. The van der Waals surface area contributed by atoms with Gasteiger partial charge in [0.15, 0.2) is 5.69 Å². The van der Waals surface area contributed by atoms with Crippen LogP contribution < -0.4 is 0 Å². The smallest absolute Gasteiger partial charge is 0.360 e. The van der Waals surface area contributed by atoms with Crippen LogP contribution in [0, 0.1) is 0 Å². The molecule has 1 aliphatic heterocycles. The first-order chi connectivity index (χ1) is 10.1. The van der Waals surface area contributed by atoms with Crippen molar-refractivity contribution in [3.05, 3.63) is 11.4 Å². The lowest BCUT2D eigenvalue weighted by Crippen LogP contribution is -2.35. The molecule has 7 nitrogen and oxygen atoms in total. The zero-order valence-corrected chi connectivity index (χ0v) is 12.8. The average molecular weight is 294 g/mol. The molecule has 1 fully saturated rings. The second kappa shape index (κ2) is 6.69. The van der Waals surface area contributed by atoms with E-state index in [1.54, 1.807) is 11.6 Å². The van der Waals surface area contributed by atoms with Gasteiger partial charge in [-0.15, -0.1) is 5.10 Å². The van der Waals surface area contributed by atoms with E-state index in [4.69, 9.17) is 4.74 Å². The van der Waals surface area contributed by atoms with E-state index in [-0.39, 0.29) is 11.6 Å². The molecule has 21 heavy (non-hydrogen) atoms. The summed E-state index contributed by atoms with van der Waals surface area (Å²) < 4.78 is 6.29. The van der Waals surface area contributed by atoms with Crippen molar-refractivity contribution >= 4 is 11.9 Å². The van der Waals surface area contributed by atoms with E-state index in [1.807, 2.05) is 11.8 Å². The number of esters is 1. The lowest BCUT2D eigenvalue weighted by molar-refractivity contribution is -0.133. The zero-order chi connectivity index (χ0) is 15.4. The summed E-state index contributed by atoms with van der Waals surface area (Å²) in [6, 6.07) is -0.449. The van der Waals surface area contributed by atoms with E-state index in [0.29, 0.717) is 12.1 Å². The second-order valence-electron chi connectivity index (χ2n) is 5.28. The fraction of sp³-hybridized carbons (Fsp3) is 0.714. The maximum absolute atomic E-state index is 12.5. The summed E-state index contributed by atoms with van der Waals surface area (Å²) in [5.74, 6) is -0.475. The van der Waals surface area contributed by atoms with Crippen molar-refractivity contribution in [1.82, 2.24) is 19.9 Å². The molecule has 1 aromatic rings. The van der Waals surface area contributed by atoms with Gasteiger partial charge in [-0.2, -0.15) is 0 Å². The molecule has 0 spiro atoms. The molecular weight excluding hydrogens is 272 g/mol. The van der Waals surface area contributed by atoms with Crippen LogP contribution in [0.5, 0.6) is 0 Å². The standard InChI is InChI=1S/C14H22N4O3/c1-4-7-11-12(14(20)21-3)15-16-18(11)10(2)13(19)17-8-5-6-9-17/h10H,4-9H2,1-3H3. The van der Waals surface area contributed by atoms with Crippen molar-refractivity contribution in [1.29, 1.82) is 0 Å². The molecule has 2 rings (SSSR count). The highest BCUT2D eigenvalue weighted by Crippen LogP contribution is 2.19. The number of hydrogen-bond acceptors (Lipinski definition) is 5. The first-order valence-corrected chi connectivity index (χ1v) is 7.41. The number of nitrogens with zero attached hydrogens (tertiary/aromatic N) is 4. The average Bonchev–Trinajstić information content (AvgIpc) is 3.15. The number of methoxy groups -OCH3 is 1. The van der Waals surface area contributed by atoms with Gasteiger partial charge in [-0.1, -0.05) is 18.6 Å². The van der Waals surface area contributed by atoms with Crippen LogP contribution in [0.4, 0.5) is 0 Å². The molecule has 7 heteroatoms. The highest BCUT2D eigenvalue weighted by atomic mass is 16.5. The minimum Gasteiger partial charge on any atom is -0.464 e. The normalized spacial score (nSPS) is 16.0. The van der Waals surface area contributed by atoms with Gasteiger partial charge in [0.1, 0.15) is 6.04 Å². The van der Waals surface area contributed by atoms with Gasteiger partial charge in [0.2, 0.25) is 5.91 Å². The van der Waals surface area contributed by atoms with Crippen LogP contribution in [0.15, 0.2) is 0 Å². The van der Waals surface area contributed by atoms with Gasteiger partial charge < -0.3 is 9.64 Å². The van der Waals surface area contributed by atoms with Crippen molar-refractivity contribution < 1.29 is 14.3 Å². The third-order valence-electron chi connectivity index (χ3n) is 3.80. The van der Waals surface area contributed by atoms with Gasteiger partial charge >= 0.3 is 5.97 Å². The summed E-state index contributed by atoms with van der Waals surface area (Å²) in [7, 11) is 1.32. The number of ether oxygens (including phenoxy) is 1. The van der Waals surface area contributed by atoms with Crippen LogP contribution >= 0.6 is 0 Å². The molecule has 1 saturated heterocycles. The molecule has 1 amide bonds. The van der Waals surface area contributed by atoms with Crippen LogP contribution in [-0.2, 0) is 16.0 Å². The molecule has 2 heterocycles. The van der Waals surface area contributed by atoms with Crippen molar-refractivity contribution in [2.24, 2.45) is 0 Å². The Labute approximate surface area is 124 Å². The summed E-state index contributed by atoms with van der Waals surface area (Å²) in [5, 5.41) is 7.92. The number of hydrogen-bond donors (Lipinski definition) is 0. The lowest BCUT2D eigenvalue weighted by Gasteiger charge is -2.21. The Morgan fingerprint density at radius 1 is 1.33 bits per heavy atom. The van der Waals surface area contributed by atoms with Gasteiger partial charge in [-0.25, -0.2) is 9.48 Å². The van der Waals surface area contributed by atoms with E-state index in [9.17, 15) is 9.59 Å². The second-order valence-corrected chi connectivity index (χ2v) is 5.28. The van der Waals surface area contributed by atoms with Crippen molar-refractivity contribution in [2.75, 3.05) is 20.2 Å². The molecule has 0 aromatic carbocycles. The summed E-state index contributed by atoms with van der Waals surface area (Å²) >= 11 is 0. The van der Waals surface area contributed by atoms with Crippen LogP contribution in [0.2, 0.25) is 0 Å². The molecule has 1 aliphatic rings. The van der Waals surface area contributed by atoms with Crippen molar-refractivity contribution in [3.8, 4) is 0 Å². The fourth-order valence-electron chi connectivity index (χ4n) is 2.66. The van der Waals surface area contributed by atoms with Crippen LogP contribution in [0.25, 0.3) is 0 Å². The Morgan fingerprint density at radius 2 is 2.00 bits per heavy atom. The number of aromatic nitrogens is 3. The number of likely N-dealkylation sites (tertiary alicyclic amines) is 1. The molecule has 0 bridgehead atoms. The SMILES string of the molecule is CCCc1c(C(=O)OC)nnn1C(C)C(=O)N1CCCC1. The summed E-state index contributed by atoms with van der Waals surface area (Å²) in [6.07, 6.45) is 3.56. The summed E-state index contributed by atoms with van der Waals surface area (Å²) in [4.78, 5) is 26.1. The number of rotatable bonds is 5. The maximum Gasteiger partial charge on any atom is 0.360 e. The molecule has 116 valence electrons. The number of carbonyl (C=O) groups excluding carboxylic acids is 2. The van der Waals surface area contributed by atoms with E-state index in [2.05, 4.69) is 10.3 Å². The zero-order valence-electron chi connectivity index (χ0n) is 12.8. The van der Waals surface area contributed by atoms with E-state index < -0.39 is 12.0 Å². The predicted octanol–water partition coefficient (Wildman–Crippen LogP) is 1.20. The van der Waals surface area contributed by atoms with E-state index in [1.165, 1.54) is 7.11 Å². The van der Waals surface area contributed by atoms with Crippen molar-refractivity contribution in [2.45, 2.75) is 45.6 Å². The fourth-order valence-corrected chi connectivity index (χ4v) is 2.66. The third kappa shape index (κ3) is 3.06.